The molecule has 21 heavy (non-hydrogen) atoms. The molecule has 0 radical (unpaired) electrons. The highest BCUT2D eigenvalue weighted by Crippen LogP contribution is 2.19. The maximum Gasteiger partial charge on any atom is 0.102 e. The fourth-order valence-corrected chi connectivity index (χ4v) is 2.50. The summed E-state index contributed by atoms with van der Waals surface area (Å²) < 4.78 is 0. The summed E-state index contributed by atoms with van der Waals surface area (Å²) in [6.45, 7) is 0. The number of nitrogens with zero attached hydrogens (tertiary/aromatic N) is 3. The van der Waals surface area contributed by atoms with E-state index in [1.54, 1.807) is 0 Å². The number of aryl methyl sites for hydroxylation is 2. The van der Waals surface area contributed by atoms with Crippen LogP contribution in [0.5, 0.6) is 0 Å². The quantitative estimate of drug-likeness (QED) is 0.728. The molecule has 0 N–H and O–H groups in total. The minimum absolute atomic E-state index is 0.661. The number of rotatable bonds is 4. The summed E-state index contributed by atoms with van der Waals surface area (Å²) in [7, 11) is 0. The first-order valence-electron chi connectivity index (χ1n) is 7.07. The summed E-state index contributed by atoms with van der Waals surface area (Å²) in [6.07, 6.45) is 2.72. The van der Waals surface area contributed by atoms with E-state index in [1.165, 1.54) is 5.56 Å². The standard InChI is InChI=1S/C18H15N3/c19-13-16-15-10-4-5-11-17(15)20-21-18(16)12-6-9-14-7-2-1-3-8-14/h1-5,7-8,10-11H,6,9,12H2. The molecule has 1 heterocycles. The van der Waals surface area contributed by atoms with Gasteiger partial charge in [-0.25, -0.2) is 0 Å². The fraction of sp³-hybridized carbons (Fsp3) is 0.167. The lowest BCUT2D eigenvalue weighted by atomic mass is 10.0. The fourth-order valence-electron chi connectivity index (χ4n) is 2.50. The number of benzene rings is 2. The SMILES string of the molecule is N#Cc1c(CCCc2ccccc2)nnc2ccccc12. The van der Waals surface area contributed by atoms with E-state index in [0.717, 1.165) is 35.9 Å². The summed E-state index contributed by atoms with van der Waals surface area (Å²) in [5.74, 6) is 0. The van der Waals surface area contributed by atoms with Crippen LogP contribution in [0.4, 0.5) is 0 Å². The number of nitriles is 1. The Morgan fingerprint density at radius 3 is 2.43 bits per heavy atom. The van der Waals surface area contributed by atoms with Crippen molar-refractivity contribution in [1.29, 1.82) is 5.26 Å². The molecule has 0 saturated carbocycles. The second-order valence-corrected chi connectivity index (χ2v) is 4.99. The smallest absolute Gasteiger partial charge is 0.102 e. The van der Waals surface area contributed by atoms with Crippen LogP contribution in [-0.4, -0.2) is 10.2 Å². The number of hydrogen-bond donors (Lipinski definition) is 0. The van der Waals surface area contributed by atoms with Crippen molar-refractivity contribution in [3.63, 3.8) is 0 Å². The zero-order valence-corrected chi connectivity index (χ0v) is 11.7. The van der Waals surface area contributed by atoms with E-state index < -0.39 is 0 Å². The molecule has 0 aliphatic carbocycles. The predicted molar refractivity (Wildman–Crippen MR) is 82.7 cm³/mol. The molecule has 0 atom stereocenters. The van der Waals surface area contributed by atoms with Crippen molar-refractivity contribution in [1.82, 2.24) is 10.2 Å². The van der Waals surface area contributed by atoms with Crippen LogP contribution in [-0.2, 0) is 12.8 Å². The molecule has 0 bridgehead atoms. The molecule has 3 nitrogen and oxygen atoms in total. The first-order chi connectivity index (χ1) is 10.4. The maximum absolute atomic E-state index is 9.42. The average molecular weight is 273 g/mol. The van der Waals surface area contributed by atoms with Gasteiger partial charge < -0.3 is 0 Å². The molecular weight excluding hydrogens is 258 g/mol. The van der Waals surface area contributed by atoms with Gasteiger partial charge in [0.15, 0.2) is 0 Å². The van der Waals surface area contributed by atoms with Crippen LogP contribution in [0.25, 0.3) is 10.9 Å². The van der Waals surface area contributed by atoms with Gasteiger partial charge in [0.1, 0.15) is 6.07 Å². The molecule has 0 amide bonds. The third-order valence-corrected chi connectivity index (χ3v) is 3.57. The van der Waals surface area contributed by atoms with Crippen molar-refractivity contribution in [2.75, 3.05) is 0 Å². The molecule has 102 valence electrons. The van der Waals surface area contributed by atoms with Crippen LogP contribution >= 0.6 is 0 Å². The second-order valence-electron chi connectivity index (χ2n) is 4.99. The van der Waals surface area contributed by atoms with Gasteiger partial charge in [-0.15, -0.1) is 0 Å². The molecule has 3 rings (SSSR count). The van der Waals surface area contributed by atoms with Crippen LogP contribution in [0.2, 0.25) is 0 Å². The number of fused-ring (bicyclic) bond motifs is 1. The Labute approximate surface area is 123 Å². The largest absolute Gasteiger partial charge is 0.192 e. The Bertz CT molecular complexity index is 788. The molecule has 0 unspecified atom stereocenters. The van der Waals surface area contributed by atoms with Crippen molar-refractivity contribution < 1.29 is 0 Å². The van der Waals surface area contributed by atoms with Gasteiger partial charge in [0.2, 0.25) is 0 Å². The van der Waals surface area contributed by atoms with E-state index in [4.69, 9.17) is 0 Å². The average Bonchev–Trinajstić information content (AvgIpc) is 2.55. The third-order valence-electron chi connectivity index (χ3n) is 3.57. The van der Waals surface area contributed by atoms with Crippen molar-refractivity contribution in [3.05, 3.63) is 71.4 Å². The Hall–Kier alpha value is -2.73. The molecule has 0 spiro atoms. The zero-order chi connectivity index (χ0) is 14.5. The molecule has 3 heteroatoms. The summed E-state index contributed by atoms with van der Waals surface area (Å²) in [5.41, 5.74) is 3.55. The summed E-state index contributed by atoms with van der Waals surface area (Å²) in [4.78, 5) is 0. The van der Waals surface area contributed by atoms with Crippen molar-refractivity contribution >= 4 is 10.9 Å². The predicted octanol–water partition coefficient (Wildman–Crippen LogP) is 3.68. The first kappa shape index (κ1) is 13.3. The van der Waals surface area contributed by atoms with Crippen LogP contribution in [0.15, 0.2) is 54.6 Å². The minimum atomic E-state index is 0.661. The molecule has 3 aromatic rings. The van der Waals surface area contributed by atoms with Gasteiger partial charge in [-0.1, -0.05) is 48.5 Å². The van der Waals surface area contributed by atoms with Crippen LogP contribution in [0.3, 0.4) is 0 Å². The van der Waals surface area contributed by atoms with Crippen LogP contribution in [0, 0.1) is 11.3 Å². The minimum Gasteiger partial charge on any atom is -0.192 e. The van der Waals surface area contributed by atoms with Gasteiger partial charge in [0.25, 0.3) is 0 Å². The summed E-state index contributed by atoms with van der Waals surface area (Å²) in [6, 6.07) is 20.3. The van der Waals surface area contributed by atoms with E-state index >= 15 is 0 Å². The molecule has 0 aliphatic rings. The van der Waals surface area contributed by atoms with Crippen molar-refractivity contribution in [3.8, 4) is 6.07 Å². The van der Waals surface area contributed by atoms with Crippen molar-refractivity contribution in [2.45, 2.75) is 19.3 Å². The third kappa shape index (κ3) is 2.90. The molecule has 0 fully saturated rings. The molecule has 0 saturated heterocycles. The molecule has 2 aromatic carbocycles. The van der Waals surface area contributed by atoms with Gasteiger partial charge >= 0.3 is 0 Å². The van der Waals surface area contributed by atoms with Gasteiger partial charge in [0.05, 0.1) is 16.8 Å². The highest BCUT2D eigenvalue weighted by Gasteiger charge is 2.09. The lowest BCUT2D eigenvalue weighted by Gasteiger charge is -2.05. The van der Waals surface area contributed by atoms with E-state index in [0.29, 0.717) is 5.56 Å². The second kappa shape index (κ2) is 6.15. The molecule has 0 aliphatic heterocycles. The highest BCUT2D eigenvalue weighted by atomic mass is 15.1. The van der Waals surface area contributed by atoms with Gasteiger partial charge in [-0.05, 0) is 30.9 Å². The first-order valence-corrected chi connectivity index (χ1v) is 7.07. The van der Waals surface area contributed by atoms with Gasteiger partial charge in [-0.2, -0.15) is 15.5 Å². The topological polar surface area (TPSA) is 49.6 Å². The van der Waals surface area contributed by atoms with Gasteiger partial charge in [0, 0.05) is 5.39 Å². The lowest BCUT2D eigenvalue weighted by Crippen LogP contribution is -2.00. The van der Waals surface area contributed by atoms with Crippen LogP contribution < -0.4 is 0 Å². The van der Waals surface area contributed by atoms with E-state index in [-0.39, 0.29) is 0 Å². The summed E-state index contributed by atoms with van der Waals surface area (Å²) >= 11 is 0. The van der Waals surface area contributed by atoms with Crippen LogP contribution in [0.1, 0.15) is 23.2 Å². The van der Waals surface area contributed by atoms with E-state index in [1.807, 2.05) is 42.5 Å². The summed E-state index contributed by atoms with van der Waals surface area (Å²) in [5, 5.41) is 18.8. The monoisotopic (exact) mass is 273 g/mol. The lowest BCUT2D eigenvalue weighted by molar-refractivity contribution is 0.781. The molecule has 1 aromatic heterocycles. The van der Waals surface area contributed by atoms with Crippen molar-refractivity contribution in [2.24, 2.45) is 0 Å². The Morgan fingerprint density at radius 2 is 1.62 bits per heavy atom. The van der Waals surface area contributed by atoms with E-state index in [9.17, 15) is 5.26 Å². The van der Waals surface area contributed by atoms with Gasteiger partial charge in [-0.3, -0.25) is 0 Å². The maximum atomic E-state index is 9.42. The number of hydrogen-bond acceptors (Lipinski definition) is 3. The molecular formula is C18H15N3. The Morgan fingerprint density at radius 1 is 0.857 bits per heavy atom. The zero-order valence-electron chi connectivity index (χ0n) is 11.7. The number of aromatic nitrogens is 2. The van der Waals surface area contributed by atoms with E-state index in [2.05, 4.69) is 28.4 Å². The highest BCUT2D eigenvalue weighted by molar-refractivity contribution is 5.84. The Balaban J connectivity index is 1.80. The normalized spacial score (nSPS) is 10.4. The Kier molecular flexibility index (Phi) is 3.88.